The van der Waals surface area contributed by atoms with Crippen molar-refractivity contribution in [1.29, 1.82) is 0 Å². The lowest BCUT2D eigenvalue weighted by Crippen LogP contribution is -2.41. The fourth-order valence-electron chi connectivity index (χ4n) is 1.24. The molecule has 0 saturated carbocycles. The third kappa shape index (κ3) is 4.31. The van der Waals surface area contributed by atoms with Crippen LogP contribution in [0.5, 0.6) is 0 Å². The molecule has 1 saturated heterocycles. The number of carbonyl (C=O) groups is 2. The number of nitrogens with zero attached hydrogens (tertiary/aromatic N) is 1. The molecule has 6 nitrogen and oxygen atoms in total. The van der Waals surface area contributed by atoms with E-state index in [2.05, 4.69) is 0 Å². The average molecular weight is 229 g/mol. The molecule has 0 aromatic carbocycles. The van der Waals surface area contributed by atoms with Gasteiger partial charge in [-0.25, -0.2) is 9.59 Å². The summed E-state index contributed by atoms with van der Waals surface area (Å²) in [6.07, 6.45) is 1.29. The zero-order valence-electron chi connectivity index (χ0n) is 9.09. The van der Waals surface area contributed by atoms with Crippen LogP contribution in [0.15, 0.2) is 12.2 Å². The van der Waals surface area contributed by atoms with Crippen LogP contribution in [-0.2, 0) is 14.3 Å². The number of aliphatic carboxylic acids is 1. The molecule has 0 bridgehead atoms. The normalized spacial score (nSPS) is 18.4. The first-order valence-corrected chi connectivity index (χ1v) is 5.04. The zero-order chi connectivity index (χ0) is 12.0. The Balaban J connectivity index is 2.34. The maximum Gasteiger partial charge on any atom is 0.410 e. The minimum absolute atomic E-state index is 0.439. The molecule has 16 heavy (non-hydrogen) atoms. The van der Waals surface area contributed by atoms with Gasteiger partial charge >= 0.3 is 12.1 Å². The minimum atomic E-state index is -1.06. The van der Waals surface area contributed by atoms with E-state index in [1.54, 1.807) is 6.92 Å². The molecule has 0 spiro atoms. The van der Waals surface area contributed by atoms with Gasteiger partial charge in [0.05, 0.1) is 13.2 Å². The lowest BCUT2D eigenvalue weighted by molar-refractivity contribution is -0.131. The molecule has 0 radical (unpaired) electrons. The maximum absolute atomic E-state index is 11.5. The van der Waals surface area contributed by atoms with E-state index < -0.39 is 18.2 Å². The highest BCUT2D eigenvalue weighted by atomic mass is 16.6. The Morgan fingerprint density at radius 3 is 2.62 bits per heavy atom. The number of hydrogen-bond acceptors (Lipinski definition) is 4. The smallest absolute Gasteiger partial charge is 0.410 e. The second kappa shape index (κ2) is 6.12. The predicted octanol–water partition coefficient (Wildman–Crippen LogP) is 0.484. The van der Waals surface area contributed by atoms with Crippen molar-refractivity contribution in [1.82, 2.24) is 4.90 Å². The molecule has 0 unspecified atom stereocenters. The van der Waals surface area contributed by atoms with Crippen molar-refractivity contribution in [2.24, 2.45) is 0 Å². The Morgan fingerprint density at radius 1 is 1.44 bits per heavy atom. The fraction of sp³-hybridized carbons (Fsp3) is 0.600. The van der Waals surface area contributed by atoms with Gasteiger partial charge in [-0.05, 0) is 13.0 Å². The summed E-state index contributed by atoms with van der Waals surface area (Å²) >= 11 is 0. The lowest BCUT2D eigenvalue weighted by atomic mass is 10.3. The van der Waals surface area contributed by atoms with E-state index in [0.29, 0.717) is 26.3 Å². The van der Waals surface area contributed by atoms with Crippen molar-refractivity contribution in [3.05, 3.63) is 12.2 Å². The third-order valence-corrected chi connectivity index (χ3v) is 2.07. The molecule has 0 aromatic rings. The topological polar surface area (TPSA) is 76.1 Å². The van der Waals surface area contributed by atoms with Crippen molar-refractivity contribution in [3.63, 3.8) is 0 Å². The number of hydrogen-bond donors (Lipinski definition) is 1. The van der Waals surface area contributed by atoms with E-state index in [9.17, 15) is 9.59 Å². The SMILES string of the molecule is C[C@@H](/C=C\C(=O)O)OC(=O)N1CCOCC1. The number of morpholine rings is 1. The van der Waals surface area contributed by atoms with Gasteiger partial charge in [-0.2, -0.15) is 0 Å². The van der Waals surface area contributed by atoms with Gasteiger partial charge in [0.25, 0.3) is 0 Å². The Hall–Kier alpha value is -1.56. The van der Waals surface area contributed by atoms with E-state index in [1.165, 1.54) is 11.0 Å². The van der Waals surface area contributed by atoms with E-state index >= 15 is 0 Å². The number of carbonyl (C=O) groups excluding carboxylic acids is 1. The Labute approximate surface area is 93.4 Å². The van der Waals surface area contributed by atoms with Crippen LogP contribution in [0.1, 0.15) is 6.92 Å². The summed E-state index contributed by atoms with van der Waals surface area (Å²) in [6.45, 7) is 3.64. The summed E-state index contributed by atoms with van der Waals surface area (Å²) < 4.78 is 10.1. The van der Waals surface area contributed by atoms with Crippen LogP contribution < -0.4 is 0 Å². The molecule has 1 rings (SSSR count). The fourth-order valence-corrected chi connectivity index (χ4v) is 1.24. The second-order valence-corrected chi connectivity index (χ2v) is 3.39. The summed E-state index contributed by atoms with van der Waals surface area (Å²) in [5.74, 6) is -1.06. The van der Waals surface area contributed by atoms with E-state index in [4.69, 9.17) is 14.6 Å². The molecule has 1 amide bonds. The van der Waals surface area contributed by atoms with E-state index in [1.807, 2.05) is 0 Å². The first-order valence-electron chi connectivity index (χ1n) is 5.04. The Bertz CT molecular complexity index is 283. The van der Waals surface area contributed by atoms with Crippen molar-refractivity contribution >= 4 is 12.1 Å². The summed E-state index contributed by atoms with van der Waals surface area (Å²) in [5.41, 5.74) is 0. The standard InChI is InChI=1S/C10H15NO5/c1-8(2-3-9(12)13)16-10(14)11-4-6-15-7-5-11/h2-3,8H,4-7H2,1H3,(H,12,13)/b3-2-/t8-/m0/s1. The molecule has 1 atom stereocenters. The van der Waals surface area contributed by atoms with Gasteiger partial charge in [-0.1, -0.05) is 0 Å². The molecule has 1 aliphatic rings. The van der Waals surface area contributed by atoms with Crippen molar-refractivity contribution in [3.8, 4) is 0 Å². The third-order valence-electron chi connectivity index (χ3n) is 2.07. The van der Waals surface area contributed by atoms with Gasteiger partial charge < -0.3 is 19.5 Å². The van der Waals surface area contributed by atoms with Gasteiger partial charge in [0.1, 0.15) is 6.10 Å². The lowest BCUT2D eigenvalue weighted by Gasteiger charge is -2.26. The molecule has 90 valence electrons. The predicted molar refractivity (Wildman–Crippen MR) is 55.1 cm³/mol. The van der Waals surface area contributed by atoms with Gasteiger partial charge in [-0.15, -0.1) is 0 Å². The number of carboxylic acid groups (broad SMARTS) is 1. The van der Waals surface area contributed by atoms with E-state index in [-0.39, 0.29) is 0 Å². The number of amides is 1. The average Bonchev–Trinajstić information content (AvgIpc) is 2.27. The molecule has 0 aromatic heterocycles. The highest BCUT2D eigenvalue weighted by molar-refractivity contribution is 5.79. The minimum Gasteiger partial charge on any atom is -0.478 e. The largest absolute Gasteiger partial charge is 0.478 e. The van der Waals surface area contributed by atoms with Crippen LogP contribution in [0.3, 0.4) is 0 Å². The van der Waals surface area contributed by atoms with Crippen LogP contribution in [-0.4, -0.2) is 54.5 Å². The molecule has 1 fully saturated rings. The first-order chi connectivity index (χ1) is 7.59. The molecule has 6 heteroatoms. The molecular weight excluding hydrogens is 214 g/mol. The van der Waals surface area contributed by atoms with Crippen molar-refractivity contribution in [2.75, 3.05) is 26.3 Å². The van der Waals surface area contributed by atoms with Gasteiger partial charge in [-0.3, -0.25) is 0 Å². The second-order valence-electron chi connectivity index (χ2n) is 3.39. The highest BCUT2D eigenvalue weighted by Gasteiger charge is 2.19. The monoisotopic (exact) mass is 229 g/mol. The summed E-state index contributed by atoms with van der Waals surface area (Å²) in [5, 5.41) is 8.39. The van der Waals surface area contributed by atoms with Gasteiger partial charge in [0.15, 0.2) is 0 Å². The highest BCUT2D eigenvalue weighted by Crippen LogP contribution is 2.03. The molecule has 1 heterocycles. The molecule has 0 aliphatic carbocycles. The number of rotatable bonds is 3. The molecule has 1 N–H and O–H groups in total. The molecule has 1 aliphatic heterocycles. The van der Waals surface area contributed by atoms with Gasteiger partial charge in [0, 0.05) is 19.2 Å². The van der Waals surface area contributed by atoms with Crippen molar-refractivity contribution in [2.45, 2.75) is 13.0 Å². The van der Waals surface area contributed by atoms with Crippen LogP contribution in [0.25, 0.3) is 0 Å². The zero-order valence-corrected chi connectivity index (χ0v) is 9.09. The maximum atomic E-state index is 11.5. The Morgan fingerprint density at radius 2 is 2.06 bits per heavy atom. The molecular formula is C10H15NO5. The summed E-state index contributed by atoms with van der Waals surface area (Å²) in [7, 11) is 0. The van der Waals surface area contributed by atoms with Crippen LogP contribution >= 0.6 is 0 Å². The summed E-state index contributed by atoms with van der Waals surface area (Å²) in [6, 6.07) is 0. The first kappa shape index (κ1) is 12.5. The van der Waals surface area contributed by atoms with Crippen LogP contribution in [0, 0.1) is 0 Å². The summed E-state index contributed by atoms with van der Waals surface area (Å²) in [4.78, 5) is 23.3. The quantitative estimate of drug-likeness (QED) is 0.712. The van der Waals surface area contributed by atoms with E-state index in [0.717, 1.165) is 6.08 Å². The van der Waals surface area contributed by atoms with Gasteiger partial charge in [0.2, 0.25) is 0 Å². The van der Waals surface area contributed by atoms with Crippen molar-refractivity contribution < 1.29 is 24.2 Å². The number of ether oxygens (including phenoxy) is 2. The van der Waals surface area contributed by atoms with Crippen LogP contribution in [0.2, 0.25) is 0 Å². The Kier molecular flexibility index (Phi) is 4.78. The number of carboxylic acids is 1. The van der Waals surface area contributed by atoms with Crippen LogP contribution in [0.4, 0.5) is 4.79 Å².